The molecular weight excluding hydrogens is 244 g/mol. The van der Waals surface area contributed by atoms with Crippen molar-refractivity contribution in [1.29, 1.82) is 0 Å². The highest BCUT2D eigenvalue weighted by Gasteiger charge is 2.06. The number of rotatable bonds is 1. The number of hydrogen-bond donors (Lipinski definition) is 0. The van der Waals surface area contributed by atoms with Crippen LogP contribution < -0.4 is 4.74 Å². The van der Waals surface area contributed by atoms with Crippen molar-refractivity contribution in [2.75, 3.05) is 7.11 Å². The SMILES string of the molecule is COc1cc(Br)c2c(C)ncnc2c1. The van der Waals surface area contributed by atoms with Crippen LogP contribution in [0.2, 0.25) is 0 Å². The van der Waals surface area contributed by atoms with Gasteiger partial charge in [-0.3, -0.25) is 0 Å². The Bertz CT molecular complexity index is 485. The maximum Gasteiger partial charge on any atom is 0.122 e. The second kappa shape index (κ2) is 3.53. The quantitative estimate of drug-likeness (QED) is 0.783. The number of aryl methyl sites for hydroxylation is 1. The third-order valence-electron chi connectivity index (χ3n) is 2.09. The van der Waals surface area contributed by atoms with Crippen LogP contribution in [-0.2, 0) is 0 Å². The van der Waals surface area contributed by atoms with E-state index in [4.69, 9.17) is 4.74 Å². The summed E-state index contributed by atoms with van der Waals surface area (Å²) < 4.78 is 6.12. The summed E-state index contributed by atoms with van der Waals surface area (Å²) in [5.41, 5.74) is 1.85. The molecule has 0 radical (unpaired) electrons. The van der Waals surface area contributed by atoms with E-state index in [9.17, 15) is 0 Å². The van der Waals surface area contributed by atoms with Gasteiger partial charge in [0, 0.05) is 21.6 Å². The molecule has 0 N–H and O–H groups in total. The normalized spacial score (nSPS) is 10.5. The summed E-state index contributed by atoms with van der Waals surface area (Å²) in [6.45, 7) is 1.96. The smallest absolute Gasteiger partial charge is 0.122 e. The molecule has 0 aliphatic carbocycles. The van der Waals surface area contributed by atoms with Crippen LogP contribution in [-0.4, -0.2) is 17.1 Å². The highest BCUT2D eigenvalue weighted by Crippen LogP contribution is 2.29. The van der Waals surface area contributed by atoms with Gasteiger partial charge in [0.1, 0.15) is 12.1 Å². The number of nitrogens with zero attached hydrogens (tertiary/aromatic N) is 2. The number of ether oxygens (including phenoxy) is 1. The number of aromatic nitrogens is 2. The average molecular weight is 253 g/mol. The molecule has 0 aliphatic heterocycles. The fourth-order valence-corrected chi connectivity index (χ4v) is 2.10. The maximum absolute atomic E-state index is 5.15. The number of halogens is 1. The predicted molar refractivity (Wildman–Crippen MR) is 58.5 cm³/mol. The molecule has 0 spiro atoms. The Balaban J connectivity index is 2.83. The van der Waals surface area contributed by atoms with Crippen molar-refractivity contribution in [3.63, 3.8) is 0 Å². The van der Waals surface area contributed by atoms with Crippen LogP contribution in [0.25, 0.3) is 10.9 Å². The van der Waals surface area contributed by atoms with Crippen molar-refractivity contribution in [2.45, 2.75) is 6.92 Å². The van der Waals surface area contributed by atoms with E-state index in [0.29, 0.717) is 0 Å². The second-order valence-electron chi connectivity index (χ2n) is 2.96. The van der Waals surface area contributed by atoms with Gasteiger partial charge in [-0.1, -0.05) is 0 Å². The topological polar surface area (TPSA) is 35.0 Å². The molecule has 4 heteroatoms. The summed E-state index contributed by atoms with van der Waals surface area (Å²) in [4.78, 5) is 8.33. The Labute approximate surface area is 90.3 Å². The lowest BCUT2D eigenvalue weighted by Crippen LogP contribution is -1.90. The fraction of sp³-hybridized carbons (Fsp3) is 0.200. The first kappa shape index (κ1) is 9.40. The summed E-state index contributed by atoms with van der Waals surface area (Å²) in [5, 5.41) is 1.04. The lowest BCUT2D eigenvalue weighted by atomic mass is 10.2. The van der Waals surface area contributed by atoms with Gasteiger partial charge in [0.05, 0.1) is 12.6 Å². The largest absolute Gasteiger partial charge is 0.497 e. The molecule has 0 unspecified atom stereocenters. The minimum absolute atomic E-state index is 0.794. The molecule has 2 aromatic rings. The van der Waals surface area contributed by atoms with E-state index in [1.165, 1.54) is 0 Å². The Morgan fingerprint density at radius 3 is 2.79 bits per heavy atom. The van der Waals surface area contributed by atoms with Crippen molar-refractivity contribution in [2.24, 2.45) is 0 Å². The summed E-state index contributed by atoms with van der Waals surface area (Å²) in [7, 11) is 1.64. The van der Waals surface area contributed by atoms with E-state index >= 15 is 0 Å². The zero-order valence-corrected chi connectivity index (χ0v) is 9.50. The minimum Gasteiger partial charge on any atom is -0.497 e. The van der Waals surface area contributed by atoms with Gasteiger partial charge in [-0.25, -0.2) is 9.97 Å². The van der Waals surface area contributed by atoms with Gasteiger partial charge in [-0.05, 0) is 28.9 Å². The third-order valence-corrected chi connectivity index (χ3v) is 2.71. The Morgan fingerprint density at radius 2 is 2.07 bits per heavy atom. The van der Waals surface area contributed by atoms with Crippen LogP contribution in [0.5, 0.6) is 5.75 Å². The van der Waals surface area contributed by atoms with Crippen LogP contribution >= 0.6 is 15.9 Å². The molecule has 14 heavy (non-hydrogen) atoms. The first-order valence-corrected chi connectivity index (χ1v) is 4.96. The molecular formula is C10H9BrN2O. The molecule has 3 nitrogen and oxygen atoms in total. The van der Waals surface area contributed by atoms with Crippen LogP contribution in [0.4, 0.5) is 0 Å². The first-order valence-electron chi connectivity index (χ1n) is 4.17. The summed E-state index contributed by atoms with van der Waals surface area (Å²) in [5.74, 6) is 0.794. The van der Waals surface area contributed by atoms with Crippen molar-refractivity contribution in [1.82, 2.24) is 9.97 Å². The van der Waals surface area contributed by atoms with Crippen LogP contribution in [0.3, 0.4) is 0 Å². The summed E-state index contributed by atoms with van der Waals surface area (Å²) in [6.07, 6.45) is 1.56. The minimum atomic E-state index is 0.794. The average Bonchev–Trinajstić information content (AvgIpc) is 2.17. The van der Waals surface area contributed by atoms with Crippen molar-refractivity contribution in [3.8, 4) is 5.75 Å². The molecule has 0 bridgehead atoms. The van der Waals surface area contributed by atoms with E-state index in [1.807, 2.05) is 19.1 Å². The Hall–Kier alpha value is -1.16. The predicted octanol–water partition coefficient (Wildman–Crippen LogP) is 2.71. The summed E-state index contributed by atoms with van der Waals surface area (Å²) in [6, 6.07) is 3.81. The lowest BCUT2D eigenvalue weighted by Gasteiger charge is -2.05. The van der Waals surface area contributed by atoms with Gasteiger partial charge >= 0.3 is 0 Å². The maximum atomic E-state index is 5.15. The highest BCUT2D eigenvalue weighted by molar-refractivity contribution is 9.10. The number of fused-ring (bicyclic) bond motifs is 1. The monoisotopic (exact) mass is 252 g/mol. The molecule has 0 saturated heterocycles. The number of hydrogen-bond acceptors (Lipinski definition) is 3. The van der Waals surface area contributed by atoms with Crippen molar-refractivity contribution >= 4 is 26.8 Å². The molecule has 0 atom stereocenters. The molecule has 0 aliphatic rings. The molecule has 72 valence electrons. The zero-order valence-electron chi connectivity index (χ0n) is 7.91. The van der Waals surface area contributed by atoms with E-state index in [-0.39, 0.29) is 0 Å². The van der Waals surface area contributed by atoms with Gasteiger partial charge < -0.3 is 4.74 Å². The number of methoxy groups -OCH3 is 1. The van der Waals surface area contributed by atoms with E-state index < -0.39 is 0 Å². The zero-order chi connectivity index (χ0) is 10.1. The Kier molecular flexibility index (Phi) is 2.37. The van der Waals surface area contributed by atoms with Gasteiger partial charge in [0.2, 0.25) is 0 Å². The Morgan fingerprint density at radius 1 is 1.29 bits per heavy atom. The van der Waals surface area contributed by atoms with Crippen molar-refractivity contribution < 1.29 is 4.74 Å². The van der Waals surface area contributed by atoms with Crippen LogP contribution in [0.1, 0.15) is 5.69 Å². The highest BCUT2D eigenvalue weighted by atomic mass is 79.9. The lowest BCUT2D eigenvalue weighted by molar-refractivity contribution is 0.415. The second-order valence-corrected chi connectivity index (χ2v) is 3.82. The van der Waals surface area contributed by atoms with Crippen molar-refractivity contribution in [3.05, 3.63) is 28.6 Å². The third kappa shape index (κ3) is 1.46. The van der Waals surface area contributed by atoms with Crippen LogP contribution in [0.15, 0.2) is 22.9 Å². The first-order chi connectivity index (χ1) is 6.72. The van der Waals surface area contributed by atoms with E-state index in [1.54, 1.807) is 13.4 Å². The van der Waals surface area contributed by atoms with Gasteiger partial charge in [0.25, 0.3) is 0 Å². The van der Waals surface area contributed by atoms with Gasteiger partial charge in [-0.15, -0.1) is 0 Å². The standard InChI is InChI=1S/C10H9BrN2O/c1-6-10-8(11)3-7(14-2)4-9(10)13-5-12-6/h3-5H,1-2H3. The van der Waals surface area contributed by atoms with E-state index in [2.05, 4.69) is 25.9 Å². The molecule has 1 heterocycles. The van der Waals surface area contributed by atoms with Crippen LogP contribution in [0, 0.1) is 6.92 Å². The van der Waals surface area contributed by atoms with Gasteiger partial charge in [-0.2, -0.15) is 0 Å². The molecule has 1 aromatic heterocycles. The summed E-state index contributed by atoms with van der Waals surface area (Å²) >= 11 is 3.48. The number of benzene rings is 1. The fourth-order valence-electron chi connectivity index (χ4n) is 1.39. The van der Waals surface area contributed by atoms with Gasteiger partial charge in [0.15, 0.2) is 0 Å². The molecule has 2 rings (SSSR count). The molecule has 1 aromatic carbocycles. The molecule has 0 saturated carbocycles. The molecule has 0 amide bonds. The van der Waals surface area contributed by atoms with E-state index in [0.717, 1.165) is 26.8 Å². The molecule has 0 fully saturated rings.